The summed E-state index contributed by atoms with van der Waals surface area (Å²) in [4.78, 5) is 27.7. The molecule has 1 aromatic heterocycles. The van der Waals surface area contributed by atoms with E-state index in [1.807, 2.05) is 18.7 Å². The van der Waals surface area contributed by atoms with Gasteiger partial charge in [0.05, 0.1) is 6.54 Å². The van der Waals surface area contributed by atoms with Crippen LogP contribution in [0.15, 0.2) is 0 Å². The van der Waals surface area contributed by atoms with E-state index >= 15 is 0 Å². The molecule has 0 saturated heterocycles. The van der Waals surface area contributed by atoms with Crippen molar-refractivity contribution in [2.24, 2.45) is 5.73 Å². The van der Waals surface area contributed by atoms with E-state index < -0.39 is 5.91 Å². The van der Waals surface area contributed by atoms with Gasteiger partial charge in [0, 0.05) is 19.6 Å². The molecule has 1 heterocycles. The number of nitrogens with two attached hydrogens (primary N) is 2. The highest BCUT2D eigenvalue weighted by Crippen LogP contribution is 2.15. The van der Waals surface area contributed by atoms with Crippen molar-refractivity contribution in [1.82, 2.24) is 15.0 Å². The van der Waals surface area contributed by atoms with Crippen LogP contribution in [-0.2, 0) is 4.79 Å². The fourth-order valence-corrected chi connectivity index (χ4v) is 1.95. The van der Waals surface area contributed by atoms with Crippen LogP contribution >= 0.6 is 0 Å². The largest absolute Gasteiger partial charge is 0.368 e. The Morgan fingerprint density at radius 1 is 1.05 bits per heavy atom. The number of carbonyl (C=O) groups is 1. The molecule has 8 nitrogen and oxygen atoms in total. The average molecular weight is 295 g/mol. The van der Waals surface area contributed by atoms with Crippen molar-refractivity contribution >= 4 is 23.8 Å². The number of aromatic nitrogens is 3. The zero-order valence-electron chi connectivity index (χ0n) is 13.0. The molecule has 118 valence electrons. The van der Waals surface area contributed by atoms with Crippen LogP contribution in [-0.4, -0.2) is 47.0 Å². The molecule has 1 amide bonds. The number of unbranched alkanes of at least 4 members (excludes halogenated alkanes) is 1. The summed E-state index contributed by atoms with van der Waals surface area (Å²) in [6, 6.07) is 0. The number of hydrogen-bond acceptors (Lipinski definition) is 7. The lowest BCUT2D eigenvalue weighted by atomic mass is 10.3. The van der Waals surface area contributed by atoms with Gasteiger partial charge in [0.2, 0.25) is 23.8 Å². The van der Waals surface area contributed by atoms with Crippen LogP contribution in [0.5, 0.6) is 0 Å². The number of hydrogen-bond donors (Lipinski definition) is 2. The Kier molecular flexibility index (Phi) is 6.64. The summed E-state index contributed by atoms with van der Waals surface area (Å²) in [5.74, 6) is 0.646. The van der Waals surface area contributed by atoms with Gasteiger partial charge in [0.1, 0.15) is 0 Å². The molecule has 0 fully saturated rings. The first-order valence-corrected chi connectivity index (χ1v) is 7.31. The van der Waals surface area contributed by atoms with E-state index in [0.29, 0.717) is 18.4 Å². The van der Waals surface area contributed by atoms with Crippen LogP contribution in [0.25, 0.3) is 0 Å². The Labute approximate surface area is 125 Å². The first-order valence-electron chi connectivity index (χ1n) is 7.31. The third kappa shape index (κ3) is 5.05. The van der Waals surface area contributed by atoms with E-state index in [9.17, 15) is 4.79 Å². The van der Waals surface area contributed by atoms with E-state index in [1.54, 1.807) is 4.90 Å². The zero-order chi connectivity index (χ0) is 15.8. The third-order valence-electron chi connectivity index (χ3n) is 3.09. The summed E-state index contributed by atoms with van der Waals surface area (Å²) >= 11 is 0. The number of primary amides is 1. The summed E-state index contributed by atoms with van der Waals surface area (Å²) < 4.78 is 0. The first kappa shape index (κ1) is 16.9. The van der Waals surface area contributed by atoms with Crippen molar-refractivity contribution in [1.29, 1.82) is 0 Å². The van der Waals surface area contributed by atoms with E-state index in [0.717, 1.165) is 25.9 Å². The molecule has 1 rings (SSSR count). The predicted octanol–water partition coefficient (Wildman–Crippen LogP) is 0.392. The summed E-state index contributed by atoms with van der Waals surface area (Å²) in [6.07, 6.45) is 1.91. The standard InChI is InChI=1S/C13H25N7O/c1-4-7-8-20(9-10(14)21)13-17-11(15)16-12(18-13)19(5-2)6-3/h4-9H2,1-3H3,(H2,14,21)(H2,15,16,17,18). The Bertz CT molecular complexity index is 462. The minimum atomic E-state index is -0.422. The van der Waals surface area contributed by atoms with Crippen LogP contribution in [0.1, 0.15) is 33.6 Å². The Morgan fingerprint density at radius 3 is 2.10 bits per heavy atom. The van der Waals surface area contributed by atoms with Crippen LogP contribution in [0, 0.1) is 0 Å². The molecule has 0 atom stereocenters. The van der Waals surface area contributed by atoms with Crippen LogP contribution in [0.4, 0.5) is 17.8 Å². The van der Waals surface area contributed by atoms with Gasteiger partial charge in [-0.3, -0.25) is 4.79 Å². The number of anilines is 3. The minimum Gasteiger partial charge on any atom is -0.368 e. The lowest BCUT2D eigenvalue weighted by molar-refractivity contribution is -0.116. The number of amides is 1. The quantitative estimate of drug-likeness (QED) is 0.677. The topological polar surface area (TPSA) is 114 Å². The highest BCUT2D eigenvalue weighted by Gasteiger charge is 2.16. The molecule has 0 radical (unpaired) electrons. The van der Waals surface area contributed by atoms with Gasteiger partial charge in [0.25, 0.3) is 0 Å². The van der Waals surface area contributed by atoms with Crippen LogP contribution < -0.4 is 21.3 Å². The summed E-state index contributed by atoms with van der Waals surface area (Å²) in [6.45, 7) is 8.37. The maximum absolute atomic E-state index is 11.2. The van der Waals surface area contributed by atoms with Gasteiger partial charge in [0.15, 0.2) is 0 Å². The third-order valence-corrected chi connectivity index (χ3v) is 3.09. The molecular weight excluding hydrogens is 270 g/mol. The number of rotatable bonds is 9. The van der Waals surface area contributed by atoms with Gasteiger partial charge >= 0.3 is 0 Å². The second-order valence-corrected chi connectivity index (χ2v) is 4.71. The zero-order valence-corrected chi connectivity index (χ0v) is 13.0. The molecule has 0 aliphatic rings. The molecule has 0 aliphatic carbocycles. The smallest absolute Gasteiger partial charge is 0.237 e. The summed E-state index contributed by atoms with van der Waals surface area (Å²) in [5, 5.41) is 0. The van der Waals surface area contributed by atoms with Crippen molar-refractivity contribution in [2.45, 2.75) is 33.6 Å². The number of nitrogen functional groups attached to an aromatic ring is 1. The second kappa shape index (κ2) is 8.23. The molecule has 4 N–H and O–H groups in total. The maximum Gasteiger partial charge on any atom is 0.237 e. The van der Waals surface area contributed by atoms with Gasteiger partial charge in [-0.2, -0.15) is 15.0 Å². The Balaban J connectivity index is 3.08. The molecule has 0 saturated carbocycles. The van der Waals surface area contributed by atoms with E-state index in [-0.39, 0.29) is 12.5 Å². The molecule has 0 bridgehead atoms. The van der Waals surface area contributed by atoms with Crippen molar-refractivity contribution in [2.75, 3.05) is 41.7 Å². The van der Waals surface area contributed by atoms with Crippen molar-refractivity contribution in [3.63, 3.8) is 0 Å². The molecule has 1 aromatic rings. The van der Waals surface area contributed by atoms with E-state index in [1.165, 1.54) is 0 Å². The van der Waals surface area contributed by atoms with E-state index in [4.69, 9.17) is 11.5 Å². The van der Waals surface area contributed by atoms with Crippen molar-refractivity contribution < 1.29 is 4.79 Å². The van der Waals surface area contributed by atoms with Gasteiger partial charge in [-0.1, -0.05) is 13.3 Å². The molecular formula is C13H25N7O. The Hall–Kier alpha value is -2.12. The fraction of sp³-hybridized carbons (Fsp3) is 0.692. The number of nitrogens with zero attached hydrogens (tertiary/aromatic N) is 5. The van der Waals surface area contributed by atoms with Crippen molar-refractivity contribution in [3.8, 4) is 0 Å². The average Bonchev–Trinajstić information content (AvgIpc) is 2.44. The Morgan fingerprint density at radius 2 is 1.62 bits per heavy atom. The highest BCUT2D eigenvalue weighted by molar-refractivity contribution is 5.78. The minimum absolute atomic E-state index is 0.0706. The fourth-order valence-electron chi connectivity index (χ4n) is 1.95. The van der Waals surface area contributed by atoms with Gasteiger partial charge in [-0.25, -0.2) is 0 Å². The normalized spacial score (nSPS) is 10.4. The lowest BCUT2D eigenvalue weighted by Gasteiger charge is -2.24. The highest BCUT2D eigenvalue weighted by atomic mass is 16.1. The van der Waals surface area contributed by atoms with Crippen LogP contribution in [0.3, 0.4) is 0 Å². The van der Waals surface area contributed by atoms with Gasteiger partial charge < -0.3 is 21.3 Å². The second-order valence-electron chi connectivity index (χ2n) is 4.71. The predicted molar refractivity (Wildman–Crippen MR) is 84.1 cm³/mol. The van der Waals surface area contributed by atoms with Gasteiger partial charge in [-0.05, 0) is 20.3 Å². The SMILES string of the molecule is CCCCN(CC(N)=O)c1nc(N)nc(N(CC)CC)n1. The molecule has 8 heteroatoms. The maximum atomic E-state index is 11.2. The number of carbonyl (C=O) groups excluding carboxylic acids is 1. The summed E-state index contributed by atoms with van der Waals surface area (Å²) in [5.41, 5.74) is 11.1. The van der Waals surface area contributed by atoms with Crippen LogP contribution in [0.2, 0.25) is 0 Å². The van der Waals surface area contributed by atoms with Gasteiger partial charge in [-0.15, -0.1) is 0 Å². The van der Waals surface area contributed by atoms with E-state index in [2.05, 4.69) is 21.9 Å². The molecule has 0 spiro atoms. The molecule has 0 aromatic carbocycles. The lowest BCUT2D eigenvalue weighted by Crippen LogP contribution is -2.36. The molecule has 21 heavy (non-hydrogen) atoms. The molecule has 0 unspecified atom stereocenters. The van der Waals surface area contributed by atoms with Crippen molar-refractivity contribution in [3.05, 3.63) is 0 Å². The first-order chi connectivity index (χ1) is 10.0. The molecule has 0 aliphatic heterocycles. The monoisotopic (exact) mass is 295 g/mol. The summed E-state index contributed by atoms with van der Waals surface area (Å²) in [7, 11) is 0.